The zero-order chi connectivity index (χ0) is 17.9. The second kappa shape index (κ2) is 7.65. The number of thiazole rings is 1. The average molecular weight is 422 g/mol. The molecule has 0 aliphatic carbocycles. The van der Waals surface area contributed by atoms with Crippen LogP contribution in [0, 0.1) is 6.92 Å². The molecule has 0 unspecified atom stereocenters. The zero-order valence-electron chi connectivity index (χ0n) is 14.4. The van der Waals surface area contributed by atoms with Crippen LogP contribution in [0.15, 0.2) is 54.7 Å². The van der Waals surface area contributed by atoms with E-state index in [9.17, 15) is 0 Å². The van der Waals surface area contributed by atoms with Gasteiger partial charge < -0.3 is 0 Å². The van der Waals surface area contributed by atoms with Crippen LogP contribution in [-0.4, -0.2) is 38.6 Å². The molecule has 4 aromatic rings. The summed E-state index contributed by atoms with van der Waals surface area (Å²) in [7, 11) is 0. The van der Waals surface area contributed by atoms with Crippen LogP contribution >= 0.6 is 11.3 Å². The van der Waals surface area contributed by atoms with Crippen LogP contribution in [-0.2, 0) is 6.42 Å². The summed E-state index contributed by atoms with van der Waals surface area (Å²) in [5.41, 5.74) is 4.64. The summed E-state index contributed by atoms with van der Waals surface area (Å²) >= 11 is 4.46. The SMILES string of the molecule is Cc1[nH]nc2ccc(-c3cnc(NC[C@@H]([As])Cc4ccccc4)s3)cc12. The molecule has 0 aliphatic heterocycles. The molecule has 2 N–H and O–H groups in total. The number of benzene rings is 2. The van der Waals surface area contributed by atoms with Crippen LogP contribution in [0.3, 0.4) is 0 Å². The number of rotatable bonds is 6. The maximum atomic E-state index is 4.54. The van der Waals surface area contributed by atoms with Crippen LogP contribution in [0.4, 0.5) is 5.13 Å². The molecule has 0 fully saturated rings. The molecule has 0 amide bonds. The van der Waals surface area contributed by atoms with Gasteiger partial charge in [-0.3, -0.25) is 0 Å². The predicted octanol–water partition coefficient (Wildman–Crippen LogP) is 4.61. The summed E-state index contributed by atoms with van der Waals surface area (Å²) in [6, 6.07) is 16.9. The summed E-state index contributed by atoms with van der Waals surface area (Å²) in [6.07, 6.45) is 2.99. The topological polar surface area (TPSA) is 53.6 Å². The van der Waals surface area contributed by atoms with Gasteiger partial charge in [0.15, 0.2) is 0 Å². The summed E-state index contributed by atoms with van der Waals surface area (Å²) in [4.78, 5) is 5.71. The molecule has 0 saturated carbocycles. The molecule has 130 valence electrons. The van der Waals surface area contributed by atoms with Gasteiger partial charge in [0.1, 0.15) is 0 Å². The Morgan fingerprint density at radius 1 is 1.19 bits per heavy atom. The molecule has 1 atom stereocenters. The summed E-state index contributed by atoms with van der Waals surface area (Å²) in [5, 5.41) is 12.9. The van der Waals surface area contributed by atoms with Crippen molar-refractivity contribution in [3.63, 3.8) is 0 Å². The van der Waals surface area contributed by atoms with Crippen LogP contribution in [0.5, 0.6) is 0 Å². The fourth-order valence-corrected chi connectivity index (χ4v) is 4.40. The first-order valence-corrected chi connectivity index (χ1v) is 10.5. The Hall–Kier alpha value is -2.10. The van der Waals surface area contributed by atoms with Gasteiger partial charge in [-0.05, 0) is 0 Å². The predicted molar refractivity (Wildman–Crippen MR) is 110 cm³/mol. The first kappa shape index (κ1) is 17.3. The molecular formula is C20H19AsN4S. The average Bonchev–Trinajstić information content (AvgIpc) is 3.28. The Morgan fingerprint density at radius 3 is 2.88 bits per heavy atom. The van der Waals surface area contributed by atoms with Crippen molar-refractivity contribution >= 4 is 44.2 Å². The van der Waals surface area contributed by atoms with Gasteiger partial charge in [-0.1, -0.05) is 0 Å². The van der Waals surface area contributed by atoms with E-state index < -0.39 is 0 Å². The maximum absolute atomic E-state index is 4.54. The van der Waals surface area contributed by atoms with E-state index in [-0.39, 0.29) is 0 Å². The fourth-order valence-electron chi connectivity index (χ4n) is 2.94. The Bertz CT molecular complexity index is 1010. The summed E-state index contributed by atoms with van der Waals surface area (Å²) in [6.45, 7) is 2.94. The summed E-state index contributed by atoms with van der Waals surface area (Å²) < 4.78 is 0.488. The van der Waals surface area contributed by atoms with E-state index in [0.29, 0.717) is 4.71 Å². The number of fused-ring (bicyclic) bond motifs is 1. The van der Waals surface area contributed by atoms with E-state index in [1.165, 1.54) is 21.4 Å². The number of aromatic nitrogens is 3. The van der Waals surface area contributed by atoms with Crippen molar-refractivity contribution in [2.75, 3.05) is 11.9 Å². The van der Waals surface area contributed by atoms with E-state index in [2.05, 4.69) is 85.9 Å². The number of nitrogens with one attached hydrogen (secondary N) is 2. The Labute approximate surface area is 165 Å². The molecule has 4 nitrogen and oxygen atoms in total. The molecule has 2 aromatic carbocycles. The van der Waals surface area contributed by atoms with Gasteiger partial charge in [-0.25, -0.2) is 0 Å². The molecule has 2 aromatic heterocycles. The Balaban J connectivity index is 1.41. The van der Waals surface area contributed by atoms with E-state index in [1.54, 1.807) is 11.3 Å². The molecule has 0 saturated heterocycles. The molecule has 0 aliphatic rings. The quantitative estimate of drug-likeness (QED) is 0.447. The fraction of sp³-hybridized carbons (Fsp3) is 0.200. The van der Waals surface area contributed by atoms with Gasteiger partial charge in [-0.15, -0.1) is 0 Å². The van der Waals surface area contributed by atoms with E-state index in [4.69, 9.17) is 0 Å². The van der Waals surface area contributed by atoms with E-state index >= 15 is 0 Å². The second-order valence-electron chi connectivity index (χ2n) is 6.33. The van der Waals surface area contributed by atoms with E-state index in [0.717, 1.165) is 29.3 Å². The number of hydrogen-bond acceptors (Lipinski definition) is 4. The standard InChI is InChI=1S/C20H19AsN4S/c1-13-17-10-15(7-8-18(17)25-24-13)19-12-23-20(26-19)22-11-16(21)9-14-5-3-2-4-6-14/h2-8,10,12,16H,9,11H2,1H3,(H,22,23)(H,24,25)/t16-/m0/s1. The second-order valence-corrected chi connectivity index (χ2v) is 8.90. The zero-order valence-corrected chi connectivity index (χ0v) is 17.1. The van der Waals surface area contributed by atoms with Crippen molar-refractivity contribution in [1.82, 2.24) is 15.2 Å². The molecule has 4 rings (SSSR count). The van der Waals surface area contributed by atoms with Gasteiger partial charge in [-0.2, -0.15) is 0 Å². The number of H-pyrrole nitrogens is 1. The van der Waals surface area contributed by atoms with Crippen molar-refractivity contribution in [1.29, 1.82) is 0 Å². The Kier molecular flexibility index (Phi) is 5.09. The summed E-state index contributed by atoms with van der Waals surface area (Å²) in [5.74, 6) is 0. The van der Waals surface area contributed by atoms with Crippen molar-refractivity contribution in [2.24, 2.45) is 0 Å². The first-order chi connectivity index (χ1) is 12.7. The number of anilines is 1. The monoisotopic (exact) mass is 422 g/mol. The van der Waals surface area contributed by atoms with Gasteiger partial charge in [0.2, 0.25) is 0 Å². The number of aryl methyl sites for hydroxylation is 1. The third kappa shape index (κ3) is 3.84. The molecule has 6 heteroatoms. The third-order valence-electron chi connectivity index (χ3n) is 4.34. The molecule has 0 bridgehead atoms. The number of hydrogen-bond donors (Lipinski definition) is 2. The molecule has 0 spiro atoms. The normalized spacial score (nSPS) is 12.4. The van der Waals surface area contributed by atoms with Gasteiger partial charge in [0, 0.05) is 0 Å². The van der Waals surface area contributed by atoms with Crippen molar-refractivity contribution in [3.8, 4) is 10.4 Å². The minimum atomic E-state index is 0.488. The van der Waals surface area contributed by atoms with Crippen molar-refractivity contribution in [3.05, 3.63) is 66.0 Å². The molecule has 26 heavy (non-hydrogen) atoms. The van der Waals surface area contributed by atoms with Crippen molar-refractivity contribution < 1.29 is 0 Å². The number of nitrogens with zero attached hydrogens (tertiary/aromatic N) is 2. The van der Waals surface area contributed by atoms with Crippen molar-refractivity contribution in [2.45, 2.75) is 18.1 Å². The number of aromatic amines is 1. The van der Waals surface area contributed by atoms with Crippen LogP contribution in [0.25, 0.3) is 21.3 Å². The minimum absolute atomic E-state index is 0.488. The molecular weight excluding hydrogens is 403 g/mol. The van der Waals surface area contributed by atoms with Gasteiger partial charge in [0.25, 0.3) is 0 Å². The first-order valence-electron chi connectivity index (χ1n) is 8.56. The van der Waals surface area contributed by atoms with Crippen LogP contribution in [0.2, 0.25) is 4.71 Å². The van der Waals surface area contributed by atoms with Crippen LogP contribution in [0.1, 0.15) is 11.3 Å². The van der Waals surface area contributed by atoms with Crippen LogP contribution < -0.4 is 5.32 Å². The third-order valence-corrected chi connectivity index (χ3v) is 6.11. The van der Waals surface area contributed by atoms with Gasteiger partial charge in [0.05, 0.1) is 0 Å². The van der Waals surface area contributed by atoms with E-state index in [1.807, 2.05) is 13.1 Å². The molecule has 2 heterocycles. The Morgan fingerprint density at radius 2 is 2.04 bits per heavy atom. The van der Waals surface area contributed by atoms with Gasteiger partial charge >= 0.3 is 166 Å². The molecule has 2 radical (unpaired) electrons.